The first kappa shape index (κ1) is 14.5. The van der Waals surface area contributed by atoms with Gasteiger partial charge in [-0.1, -0.05) is 0 Å². The molecule has 1 aromatic rings. The molecule has 18 heavy (non-hydrogen) atoms. The Morgan fingerprint density at radius 1 is 1.06 bits per heavy atom. The summed E-state index contributed by atoms with van der Waals surface area (Å²) in [5.74, 6) is -5.88. The van der Waals surface area contributed by atoms with Crippen LogP contribution in [0.2, 0.25) is 0 Å². The van der Waals surface area contributed by atoms with Gasteiger partial charge in [0.05, 0.1) is 0 Å². The van der Waals surface area contributed by atoms with E-state index in [0.717, 1.165) is 0 Å². The molecule has 0 unspecified atom stereocenters. The Morgan fingerprint density at radius 3 is 1.89 bits per heavy atom. The first-order chi connectivity index (χ1) is 8.12. The van der Waals surface area contributed by atoms with Gasteiger partial charge in [-0.25, -0.2) is 0 Å². The van der Waals surface area contributed by atoms with Crippen molar-refractivity contribution in [3.63, 3.8) is 0 Å². The van der Waals surface area contributed by atoms with Gasteiger partial charge >= 0.3 is 12.4 Å². The zero-order valence-electron chi connectivity index (χ0n) is 8.72. The zero-order valence-corrected chi connectivity index (χ0v) is 8.72. The van der Waals surface area contributed by atoms with Gasteiger partial charge in [0.2, 0.25) is 5.92 Å². The molecule has 1 aromatic heterocycles. The van der Waals surface area contributed by atoms with E-state index in [-0.39, 0.29) is 5.56 Å². The second kappa shape index (κ2) is 4.95. The largest absolute Gasteiger partial charge is 0.407 e. The van der Waals surface area contributed by atoms with Gasteiger partial charge < -0.3 is 0 Å². The van der Waals surface area contributed by atoms with Crippen LogP contribution in [0.15, 0.2) is 24.5 Å². The highest BCUT2D eigenvalue weighted by molar-refractivity contribution is 5.84. The van der Waals surface area contributed by atoms with Crippen molar-refractivity contribution in [3.8, 4) is 0 Å². The third-order valence-electron chi connectivity index (χ3n) is 2.10. The van der Waals surface area contributed by atoms with Crippen molar-refractivity contribution in [1.29, 1.82) is 0 Å². The van der Waals surface area contributed by atoms with Crippen LogP contribution in [0.4, 0.5) is 26.3 Å². The Balaban J connectivity index is 2.92. The minimum atomic E-state index is -5.64. The fourth-order valence-electron chi connectivity index (χ4n) is 1.35. The molecule has 0 fully saturated rings. The van der Waals surface area contributed by atoms with E-state index in [1.807, 2.05) is 0 Å². The predicted molar refractivity (Wildman–Crippen MR) is 48.5 cm³/mol. The number of halogens is 6. The maximum atomic E-state index is 12.2. The Morgan fingerprint density at radius 2 is 1.50 bits per heavy atom. The van der Waals surface area contributed by atoms with Crippen LogP contribution in [-0.4, -0.2) is 23.1 Å². The lowest BCUT2D eigenvalue weighted by molar-refractivity contribution is -0.273. The first-order valence-electron chi connectivity index (χ1n) is 4.67. The third kappa shape index (κ3) is 3.71. The smallest absolute Gasteiger partial charge is 0.298 e. The lowest BCUT2D eigenvalue weighted by Gasteiger charge is -2.21. The van der Waals surface area contributed by atoms with Gasteiger partial charge in [-0.05, 0) is 17.7 Å². The number of aromatic nitrogens is 1. The number of ketones is 1. The molecule has 8 heteroatoms. The molecule has 2 nitrogen and oxygen atoms in total. The summed E-state index contributed by atoms with van der Waals surface area (Å²) in [7, 11) is 0. The molecule has 1 heterocycles. The van der Waals surface area contributed by atoms with Crippen LogP contribution < -0.4 is 0 Å². The van der Waals surface area contributed by atoms with Crippen LogP contribution >= 0.6 is 0 Å². The molecule has 0 spiro atoms. The van der Waals surface area contributed by atoms with Crippen molar-refractivity contribution in [1.82, 2.24) is 4.98 Å². The van der Waals surface area contributed by atoms with Gasteiger partial charge in [0.1, 0.15) is 0 Å². The lowest BCUT2D eigenvalue weighted by Crippen LogP contribution is -2.43. The normalized spacial score (nSPS) is 12.8. The fraction of sp³-hybridized carbons (Fsp3) is 0.400. The first-order valence-corrected chi connectivity index (χ1v) is 4.67. The maximum Gasteiger partial charge on any atom is 0.407 e. The summed E-state index contributed by atoms with van der Waals surface area (Å²) in [6.45, 7) is 0. The number of nitrogens with zero attached hydrogens (tertiary/aromatic N) is 1. The third-order valence-corrected chi connectivity index (χ3v) is 2.10. The molecule has 0 N–H and O–H groups in total. The van der Waals surface area contributed by atoms with Crippen molar-refractivity contribution in [2.45, 2.75) is 18.8 Å². The van der Waals surface area contributed by atoms with Crippen molar-refractivity contribution >= 4 is 5.78 Å². The van der Waals surface area contributed by atoms with Gasteiger partial charge in [-0.2, -0.15) is 26.3 Å². The minimum absolute atomic E-state index is 0.0495. The van der Waals surface area contributed by atoms with Crippen LogP contribution in [0.3, 0.4) is 0 Å². The van der Waals surface area contributed by atoms with E-state index in [1.165, 1.54) is 24.5 Å². The SMILES string of the molecule is O=C(Cc1ccncc1)C(C(F)(F)F)C(F)(F)F. The van der Waals surface area contributed by atoms with Crippen molar-refractivity contribution in [2.24, 2.45) is 5.92 Å². The number of carbonyl (C=O) groups is 1. The predicted octanol–water partition coefficient (Wildman–Crippen LogP) is 2.93. The lowest BCUT2D eigenvalue weighted by atomic mass is 9.97. The molecule has 0 aliphatic rings. The topological polar surface area (TPSA) is 30.0 Å². The average molecular weight is 271 g/mol. The number of hydrogen-bond donors (Lipinski definition) is 0. The van der Waals surface area contributed by atoms with Crippen LogP contribution in [0.5, 0.6) is 0 Å². The summed E-state index contributed by atoms with van der Waals surface area (Å²) in [5.41, 5.74) is 0.0495. The van der Waals surface area contributed by atoms with Gasteiger partial charge in [-0.15, -0.1) is 0 Å². The maximum absolute atomic E-state index is 12.2. The quantitative estimate of drug-likeness (QED) is 0.791. The molecule has 0 aromatic carbocycles. The highest BCUT2D eigenvalue weighted by Crippen LogP contribution is 2.40. The van der Waals surface area contributed by atoms with Crippen LogP contribution in [-0.2, 0) is 11.2 Å². The van der Waals surface area contributed by atoms with E-state index in [9.17, 15) is 31.1 Å². The summed E-state index contributed by atoms with van der Waals surface area (Å²) in [4.78, 5) is 14.7. The number of Topliss-reactive ketones (excluding diaryl/α,β-unsaturated/α-hetero) is 1. The molecular formula is C10H7F6NO. The van der Waals surface area contributed by atoms with E-state index in [1.54, 1.807) is 0 Å². The Hall–Kier alpha value is -1.60. The van der Waals surface area contributed by atoms with Crippen LogP contribution in [0.25, 0.3) is 0 Å². The van der Waals surface area contributed by atoms with E-state index < -0.39 is 30.5 Å². The molecule has 0 saturated carbocycles. The number of hydrogen-bond acceptors (Lipinski definition) is 2. The summed E-state index contributed by atoms with van der Waals surface area (Å²) in [6, 6.07) is 2.36. The van der Waals surface area contributed by atoms with Crippen LogP contribution in [0, 0.1) is 5.92 Å². The number of carbonyl (C=O) groups excluding carboxylic acids is 1. The molecule has 0 bridgehead atoms. The molecular weight excluding hydrogens is 264 g/mol. The Bertz CT molecular complexity index is 397. The van der Waals surface area contributed by atoms with E-state index >= 15 is 0 Å². The summed E-state index contributed by atoms with van der Waals surface area (Å²) in [5, 5.41) is 0. The van der Waals surface area contributed by atoms with E-state index in [4.69, 9.17) is 0 Å². The van der Waals surface area contributed by atoms with Gasteiger partial charge in [0.15, 0.2) is 5.78 Å². The molecule has 0 saturated heterocycles. The summed E-state index contributed by atoms with van der Waals surface area (Å²) < 4.78 is 73.3. The van der Waals surface area contributed by atoms with Gasteiger partial charge in [-0.3, -0.25) is 9.78 Å². The van der Waals surface area contributed by atoms with Gasteiger partial charge in [0.25, 0.3) is 0 Å². The molecule has 0 aliphatic carbocycles. The van der Waals surface area contributed by atoms with Crippen molar-refractivity contribution < 1.29 is 31.1 Å². The Labute approximate surface area is 97.6 Å². The summed E-state index contributed by atoms with van der Waals surface area (Å²) in [6.07, 6.45) is -9.85. The molecule has 0 amide bonds. The summed E-state index contributed by atoms with van der Waals surface area (Å²) >= 11 is 0. The number of rotatable bonds is 3. The number of alkyl halides is 6. The van der Waals surface area contributed by atoms with Crippen molar-refractivity contribution in [3.05, 3.63) is 30.1 Å². The average Bonchev–Trinajstić information content (AvgIpc) is 2.13. The van der Waals surface area contributed by atoms with Crippen molar-refractivity contribution in [2.75, 3.05) is 0 Å². The number of pyridine rings is 1. The second-order valence-corrected chi connectivity index (χ2v) is 3.51. The minimum Gasteiger partial charge on any atom is -0.298 e. The molecule has 0 radical (unpaired) electrons. The van der Waals surface area contributed by atoms with Gasteiger partial charge in [0, 0.05) is 18.8 Å². The fourth-order valence-corrected chi connectivity index (χ4v) is 1.35. The zero-order chi connectivity index (χ0) is 14.0. The second-order valence-electron chi connectivity index (χ2n) is 3.51. The highest BCUT2D eigenvalue weighted by atomic mass is 19.4. The highest BCUT2D eigenvalue weighted by Gasteiger charge is 2.60. The van der Waals surface area contributed by atoms with Crippen LogP contribution in [0.1, 0.15) is 5.56 Å². The molecule has 0 aliphatic heterocycles. The Kier molecular flexibility index (Phi) is 3.98. The monoisotopic (exact) mass is 271 g/mol. The van der Waals surface area contributed by atoms with E-state index in [0.29, 0.717) is 0 Å². The molecule has 100 valence electrons. The van der Waals surface area contributed by atoms with E-state index in [2.05, 4.69) is 4.98 Å². The molecule has 0 atom stereocenters. The molecule has 1 rings (SSSR count). The standard InChI is InChI=1S/C10H7F6NO/c11-9(12,13)8(10(14,15)16)7(18)5-6-1-3-17-4-2-6/h1-4,8H,5H2.